The number of nitrogens with one attached hydrogen (secondary N) is 1. The minimum atomic E-state index is -0.447. The summed E-state index contributed by atoms with van der Waals surface area (Å²) in [6.45, 7) is 9.17. The molecule has 1 aliphatic rings. The van der Waals surface area contributed by atoms with Crippen LogP contribution >= 0.6 is 0 Å². The van der Waals surface area contributed by atoms with Gasteiger partial charge in [-0.3, -0.25) is 0 Å². The number of aromatic nitrogens is 2. The van der Waals surface area contributed by atoms with Crippen LogP contribution in [-0.4, -0.2) is 45.9 Å². The minimum Gasteiger partial charge on any atom is -0.444 e. The topological polar surface area (TPSA) is 80.5 Å². The summed E-state index contributed by atoms with van der Waals surface area (Å²) in [4.78, 5) is 17.5. The van der Waals surface area contributed by atoms with Gasteiger partial charge in [0.2, 0.25) is 5.89 Å². The summed E-state index contributed by atoms with van der Waals surface area (Å²) in [5.41, 5.74) is -0.447. The molecule has 1 N–H and O–H groups in total. The van der Waals surface area contributed by atoms with E-state index in [9.17, 15) is 4.79 Å². The van der Waals surface area contributed by atoms with Gasteiger partial charge in [-0.15, -0.1) is 0 Å². The predicted octanol–water partition coefficient (Wildman–Crippen LogP) is 1.09. The molecular weight excluding hydrogens is 248 g/mol. The summed E-state index contributed by atoms with van der Waals surface area (Å²) >= 11 is 0. The maximum atomic E-state index is 11.7. The van der Waals surface area contributed by atoms with E-state index in [4.69, 9.17) is 9.26 Å². The van der Waals surface area contributed by atoms with Crippen molar-refractivity contribution in [2.45, 2.75) is 45.9 Å². The Hall–Kier alpha value is -1.63. The van der Waals surface area contributed by atoms with Crippen molar-refractivity contribution in [2.75, 3.05) is 13.1 Å². The first-order chi connectivity index (χ1) is 8.83. The van der Waals surface area contributed by atoms with E-state index in [2.05, 4.69) is 15.5 Å². The number of hydrogen-bond donors (Lipinski definition) is 1. The highest BCUT2D eigenvalue weighted by atomic mass is 16.6. The fourth-order valence-electron chi connectivity index (χ4n) is 1.73. The molecule has 1 aromatic heterocycles. The zero-order valence-electron chi connectivity index (χ0n) is 11.8. The summed E-state index contributed by atoms with van der Waals surface area (Å²) in [6, 6.07) is 0.256. The molecule has 0 atom stereocenters. The third-order valence-corrected chi connectivity index (χ3v) is 2.65. The van der Waals surface area contributed by atoms with Crippen LogP contribution in [0.15, 0.2) is 4.52 Å². The van der Waals surface area contributed by atoms with Gasteiger partial charge in [0.1, 0.15) is 5.60 Å². The van der Waals surface area contributed by atoms with Crippen LogP contribution in [0.2, 0.25) is 0 Å². The largest absolute Gasteiger partial charge is 0.444 e. The third kappa shape index (κ3) is 3.92. The number of carbonyl (C=O) groups excluding carboxylic acids is 1. The average molecular weight is 268 g/mol. The van der Waals surface area contributed by atoms with Crippen LogP contribution in [0.5, 0.6) is 0 Å². The maximum Gasteiger partial charge on any atom is 0.410 e. The van der Waals surface area contributed by atoms with Crippen LogP contribution in [0.25, 0.3) is 0 Å². The van der Waals surface area contributed by atoms with Crippen molar-refractivity contribution in [3.8, 4) is 0 Å². The molecule has 2 rings (SSSR count). The van der Waals surface area contributed by atoms with Crippen molar-refractivity contribution in [2.24, 2.45) is 0 Å². The fourth-order valence-corrected chi connectivity index (χ4v) is 1.73. The number of likely N-dealkylation sites (tertiary alicyclic amines) is 1. The molecule has 0 spiro atoms. The van der Waals surface area contributed by atoms with Crippen LogP contribution in [0.4, 0.5) is 4.79 Å². The van der Waals surface area contributed by atoms with Gasteiger partial charge < -0.3 is 19.5 Å². The van der Waals surface area contributed by atoms with E-state index < -0.39 is 5.60 Å². The molecule has 2 heterocycles. The van der Waals surface area contributed by atoms with Gasteiger partial charge in [-0.25, -0.2) is 4.79 Å². The number of nitrogens with zero attached hydrogens (tertiary/aromatic N) is 3. The fraction of sp³-hybridized carbons (Fsp3) is 0.750. The van der Waals surface area contributed by atoms with E-state index in [1.165, 1.54) is 0 Å². The van der Waals surface area contributed by atoms with Gasteiger partial charge in [0, 0.05) is 26.1 Å². The lowest BCUT2D eigenvalue weighted by atomic mass is 10.1. The number of carbonyl (C=O) groups is 1. The highest BCUT2D eigenvalue weighted by Crippen LogP contribution is 2.15. The quantitative estimate of drug-likeness (QED) is 0.883. The van der Waals surface area contributed by atoms with E-state index in [1.807, 2.05) is 20.8 Å². The predicted molar refractivity (Wildman–Crippen MR) is 67.5 cm³/mol. The first kappa shape index (κ1) is 13.8. The van der Waals surface area contributed by atoms with Crippen LogP contribution in [-0.2, 0) is 11.3 Å². The lowest BCUT2D eigenvalue weighted by molar-refractivity contribution is 0.00511. The van der Waals surface area contributed by atoms with E-state index in [-0.39, 0.29) is 12.1 Å². The molecule has 1 saturated heterocycles. The molecule has 1 aliphatic heterocycles. The standard InChI is InChI=1S/C12H20N4O3/c1-8-14-10(15-19-8)5-13-9-6-16(7-9)11(17)18-12(2,3)4/h9,13H,5-7H2,1-4H3. The van der Waals surface area contributed by atoms with E-state index >= 15 is 0 Å². The SMILES string of the molecule is Cc1nc(CNC2CN(C(=O)OC(C)(C)C)C2)no1. The molecule has 1 fully saturated rings. The van der Waals surface area contributed by atoms with Crippen molar-refractivity contribution >= 4 is 6.09 Å². The molecule has 0 aromatic carbocycles. The third-order valence-electron chi connectivity index (χ3n) is 2.65. The second kappa shape index (κ2) is 5.16. The van der Waals surface area contributed by atoms with Gasteiger partial charge >= 0.3 is 6.09 Å². The number of rotatable bonds is 3. The van der Waals surface area contributed by atoms with Gasteiger partial charge in [0.25, 0.3) is 0 Å². The van der Waals surface area contributed by atoms with Crippen LogP contribution in [0.1, 0.15) is 32.5 Å². The Bertz CT molecular complexity index is 446. The minimum absolute atomic E-state index is 0.256. The van der Waals surface area contributed by atoms with Gasteiger partial charge in [0.05, 0.1) is 6.54 Å². The number of hydrogen-bond acceptors (Lipinski definition) is 6. The Labute approximate surface area is 112 Å². The summed E-state index contributed by atoms with van der Waals surface area (Å²) in [5, 5.41) is 7.06. The second-order valence-corrected chi connectivity index (χ2v) is 5.69. The lowest BCUT2D eigenvalue weighted by Crippen LogP contribution is -2.60. The number of ether oxygens (including phenoxy) is 1. The monoisotopic (exact) mass is 268 g/mol. The zero-order valence-corrected chi connectivity index (χ0v) is 11.8. The molecule has 106 valence electrons. The van der Waals surface area contributed by atoms with Gasteiger partial charge in [-0.1, -0.05) is 5.16 Å². The molecule has 7 nitrogen and oxygen atoms in total. The molecule has 7 heteroatoms. The van der Waals surface area contributed by atoms with Crippen LogP contribution < -0.4 is 5.32 Å². The van der Waals surface area contributed by atoms with Gasteiger partial charge in [-0.05, 0) is 20.8 Å². The molecule has 1 aromatic rings. The normalized spacial score (nSPS) is 16.3. The van der Waals surface area contributed by atoms with Crippen molar-refractivity contribution < 1.29 is 14.1 Å². The van der Waals surface area contributed by atoms with Gasteiger partial charge in [-0.2, -0.15) is 4.98 Å². The van der Waals surface area contributed by atoms with Crippen molar-refractivity contribution in [3.05, 3.63) is 11.7 Å². The number of amides is 1. The zero-order chi connectivity index (χ0) is 14.0. The van der Waals surface area contributed by atoms with Crippen LogP contribution in [0, 0.1) is 6.92 Å². The summed E-state index contributed by atoms with van der Waals surface area (Å²) in [6.07, 6.45) is -0.263. The average Bonchev–Trinajstić information content (AvgIpc) is 2.59. The summed E-state index contributed by atoms with van der Waals surface area (Å²) in [5.74, 6) is 1.19. The Morgan fingerprint density at radius 2 is 2.21 bits per heavy atom. The molecule has 0 unspecified atom stereocenters. The summed E-state index contributed by atoms with van der Waals surface area (Å²) < 4.78 is 10.2. The first-order valence-electron chi connectivity index (χ1n) is 6.34. The Morgan fingerprint density at radius 1 is 1.53 bits per heavy atom. The van der Waals surface area contributed by atoms with E-state index in [0.717, 1.165) is 0 Å². The first-order valence-corrected chi connectivity index (χ1v) is 6.34. The Balaban J connectivity index is 1.67. The molecule has 0 bridgehead atoms. The van der Waals surface area contributed by atoms with E-state index in [0.29, 0.717) is 31.3 Å². The molecule has 0 saturated carbocycles. The van der Waals surface area contributed by atoms with Gasteiger partial charge in [0.15, 0.2) is 5.82 Å². The highest BCUT2D eigenvalue weighted by molar-refractivity contribution is 5.69. The van der Waals surface area contributed by atoms with E-state index in [1.54, 1.807) is 11.8 Å². The van der Waals surface area contributed by atoms with Crippen molar-refractivity contribution in [1.82, 2.24) is 20.4 Å². The molecule has 1 amide bonds. The lowest BCUT2D eigenvalue weighted by Gasteiger charge is -2.40. The Kier molecular flexibility index (Phi) is 3.75. The number of aryl methyl sites for hydroxylation is 1. The molecule has 19 heavy (non-hydrogen) atoms. The molecular formula is C12H20N4O3. The Morgan fingerprint density at radius 3 is 2.74 bits per heavy atom. The van der Waals surface area contributed by atoms with Crippen LogP contribution in [0.3, 0.4) is 0 Å². The van der Waals surface area contributed by atoms with Crippen molar-refractivity contribution in [1.29, 1.82) is 0 Å². The molecule has 0 aliphatic carbocycles. The highest BCUT2D eigenvalue weighted by Gasteiger charge is 2.33. The second-order valence-electron chi connectivity index (χ2n) is 5.69. The molecule has 0 radical (unpaired) electrons. The smallest absolute Gasteiger partial charge is 0.410 e. The summed E-state index contributed by atoms with van der Waals surface area (Å²) in [7, 11) is 0. The maximum absolute atomic E-state index is 11.7. The van der Waals surface area contributed by atoms with Crippen molar-refractivity contribution in [3.63, 3.8) is 0 Å².